The molecule has 1 aliphatic carbocycles. The lowest BCUT2D eigenvalue weighted by Gasteiger charge is -2.16. The molecule has 0 atom stereocenters. The highest BCUT2D eigenvalue weighted by Crippen LogP contribution is 2.34. The Balaban J connectivity index is 2.26. The van der Waals surface area contributed by atoms with E-state index in [-0.39, 0.29) is 0 Å². The van der Waals surface area contributed by atoms with E-state index < -0.39 is 0 Å². The molecule has 1 aliphatic rings. The van der Waals surface area contributed by atoms with Gasteiger partial charge in [0.2, 0.25) is 0 Å². The lowest BCUT2D eigenvalue weighted by molar-refractivity contribution is 0.300. The summed E-state index contributed by atoms with van der Waals surface area (Å²) in [7, 11) is 5.54. The van der Waals surface area contributed by atoms with Gasteiger partial charge in [0, 0.05) is 20.2 Å². The van der Waals surface area contributed by atoms with E-state index >= 15 is 0 Å². The largest absolute Gasteiger partial charge is 0.495 e. The van der Waals surface area contributed by atoms with Crippen LogP contribution in [-0.4, -0.2) is 32.3 Å². The maximum absolute atomic E-state index is 5.78. The average Bonchev–Trinajstić information content (AvgIpc) is 3.01. The Kier molecular flexibility index (Phi) is 2.66. The molecule has 1 saturated carbocycles. The molecule has 15 heavy (non-hydrogen) atoms. The summed E-state index contributed by atoms with van der Waals surface area (Å²) in [6.07, 6.45) is 4.36. The Morgan fingerprint density at radius 1 is 1.40 bits per heavy atom. The van der Waals surface area contributed by atoms with Gasteiger partial charge in [-0.1, -0.05) is 0 Å². The molecular weight excluding hydrogens is 192 g/mol. The molecule has 4 nitrogen and oxygen atoms in total. The van der Waals surface area contributed by atoms with Crippen LogP contribution in [0.3, 0.4) is 0 Å². The van der Waals surface area contributed by atoms with E-state index in [0.717, 1.165) is 30.2 Å². The molecule has 0 saturated heterocycles. The smallest absolute Gasteiger partial charge is 0.171 e. The maximum Gasteiger partial charge on any atom is 0.171 e. The summed E-state index contributed by atoms with van der Waals surface area (Å²) in [5.41, 5.74) is 0. The minimum Gasteiger partial charge on any atom is -0.495 e. The van der Waals surface area contributed by atoms with Crippen LogP contribution >= 0.6 is 0 Å². The second kappa shape index (κ2) is 3.96. The van der Waals surface area contributed by atoms with Crippen LogP contribution in [0, 0.1) is 0 Å². The zero-order valence-electron chi connectivity index (χ0n) is 9.36. The van der Waals surface area contributed by atoms with Crippen molar-refractivity contribution in [2.75, 3.05) is 26.1 Å². The quantitative estimate of drug-likeness (QED) is 0.754. The Labute approximate surface area is 89.8 Å². The molecule has 1 aromatic rings. The number of ether oxygens (including phenoxy) is 2. The first-order valence-electron chi connectivity index (χ1n) is 5.08. The molecule has 0 radical (unpaired) electrons. The minimum atomic E-state index is 0.373. The number of methoxy groups -OCH3 is 1. The van der Waals surface area contributed by atoms with Crippen LogP contribution in [0.1, 0.15) is 12.8 Å². The molecule has 1 fully saturated rings. The molecular formula is C11H16N2O2. The van der Waals surface area contributed by atoms with Crippen LogP contribution in [0.25, 0.3) is 0 Å². The number of pyridine rings is 1. The number of hydrogen-bond donors (Lipinski definition) is 0. The van der Waals surface area contributed by atoms with Crippen LogP contribution in [0.15, 0.2) is 12.3 Å². The minimum absolute atomic E-state index is 0.373. The SMILES string of the molecule is COc1cnc(N(C)C)c(OC2CC2)c1. The van der Waals surface area contributed by atoms with Crippen LogP contribution in [0.4, 0.5) is 5.82 Å². The predicted octanol–water partition coefficient (Wildman–Crippen LogP) is 1.70. The zero-order valence-corrected chi connectivity index (χ0v) is 9.36. The third-order valence-electron chi connectivity index (χ3n) is 2.29. The molecule has 0 N–H and O–H groups in total. The molecule has 2 rings (SSSR count). The zero-order chi connectivity index (χ0) is 10.8. The van der Waals surface area contributed by atoms with Gasteiger partial charge in [0.15, 0.2) is 11.6 Å². The van der Waals surface area contributed by atoms with Gasteiger partial charge in [0.05, 0.1) is 19.4 Å². The first-order chi connectivity index (χ1) is 7.20. The third-order valence-corrected chi connectivity index (χ3v) is 2.29. The van der Waals surface area contributed by atoms with E-state index in [0.29, 0.717) is 6.10 Å². The fraction of sp³-hybridized carbons (Fsp3) is 0.545. The molecule has 1 heterocycles. The Morgan fingerprint density at radius 3 is 2.67 bits per heavy atom. The fourth-order valence-electron chi connectivity index (χ4n) is 1.32. The van der Waals surface area contributed by atoms with Crippen LogP contribution in [0.5, 0.6) is 11.5 Å². The number of nitrogens with zero attached hydrogens (tertiary/aromatic N) is 2. The molecule has 0 amide bonds. The van der Waals surface area contributed by atoms with Gasteiger partial charge in [0.1, 0.15) is 5.75 Å². The average molecular weight is 208 g/mol. The number of anilines is 1. The van der Waals surface area contributed by atoms with E-state index in [1.807, 2.05) is 25.1 Å². The summed E-state index contributed by atoms with van der Waals surface area (Å²) in [5, 5.41) is 0. The van der Waals surface area contributed by atoms with E-state index in [2.05, 4.69) is 4.98 Å². The molecule has 0 unspecified atom stereocenters. The van der Waals surface area contributed by atoms with E-state index in [1.165, 1.54) is 0 Å². The standard InChI is InChI=1S/C11H16N2O2/c1-13(2)11-10(15-8-4-5-8)6-9(14-3)7-12-11/h6-8H,4-5H2,1-3H3. The molecule has 0 spiro atoms. The van der Waals surface area contributed by atoms with Crippen molar-refractivity contribution in [3.63, 3.8) is 0 Å². The number of hydrogen-bond acceptors (Lipinski definition) is 4. The van der Waals surface area contributed by atoms with Crippen LogP contribution < -0.4 is 14.4 Å². The summed E-state index contributed by atoms with van der Waals surface area (Å²) in [6.45, 7) is 0. The summed E-state index contributed by atoms with van der Waals surface area (Å²) < 4.78 is 10.9. The Morgan fingerprint density at radius 2 is 2.13 bits per heavy atom. The third kappa shape index (κ3) is 2.32. The van der Waals surface area contributed by atoms with E-state index in [9.17, 15) is 0 Å². The molecule has 0 bridgehead atoms. The number of aromatic nitrogens is 1. The van der Waals surface area contributed by atoms with Gasteiger partial charge in [0.25, 0.3) is 0 Å². The van der Waals surface area contributed by atoms with Gasteiger partial charge in [-0.25, -0.2) is 4.98 Å². The highest BCUT2D eigenvalue weighted by Gasteiger charge is 2.25. The van der Waals surface area contributed by atoms with Gasteiger partial charge in [-0.05, 0) is 12.8 Å². The van der Waals surface area contributed by atoms with Gasteiger partial charge < -0.3 is 14.4 Å². The topological polar surface area (TPSA) is 34.6 Å². The normalized spacial score (nSPS) is 14.9. The van der Waals surface area contributed by atoms with Crippen molar-refractivity contribution in [3.05, 3.63) is 12.3 Å². The summed E-state index contributed by atoms with van der Waals surface area (Å²) in [5.74, 6) is 2.39. The fourth-order valence-corrected chi connectivity index (χ4v) is 1.32. The van der Waals surface area contributed by atoms with Gasteiger partial charge in [-0.15, -0.1) is 0 Å². The van der Waals surface area contributed by atoms with Crippen molar-refractivity contribution in [3.8, 4) is 11.5 Å². The predicted molar refractivity (Wildman–Crippen MR) is 58.8 cm³/mol. The molecule has 4 heteroatoms. The van der Waals surface area contributed by atoms with Gasteiger partial charge in [-0.3, -0.25) is 0 Å². The van der Waals surface area contributed by atoms with Gasteiger partial charge >= 0.3 is 0 Å². The Hall–Kier alpha value is -1.45. The molecule has 1 aromatic heterocycles. The summed E-state index contributed by atoms with van der Waals surface area (Å²) in [4.78, 5) is 6.25. The maximum atomic E-state index is 5.78. The summed E-state index contributed by atoms with van der Waals surface area (Å²) >= 11 is 0. The van der Waals surface area contributed by atoms with Crippen molar-refractivity contribution in [1.82, 2.24) is 4.98 Å². The van der Waals surface area contributed by atoms with E-state index in [4.69, 9.17) is 9.47 Å². The lowest BCUT2D eigenvalue weighted by atomic mass is 10.4. The van der Waals surface area contributed by atoms with Crippen molar-refractivity contribution < 1.29 is 9.47 Å². The van der Waals surface area contributed by atoms with Crippen LogP contribution in [0.2, 0.25) is 0 Å². The number of rotatable bonds is 4. The van der Waals surface area contributed by atoms with Crippen molar-refractivity contribution >= 4 is 5.82 Å². The van der Waals surface area contributed by atoms with Gasteiger partial charge in [-0.2, -0.15) is 0 Å². The van der Waals surface area contributed by atoms with Crippen LogP contribution in [-0.2, 0) is 0 Å². The molecule has 0 aliphatic heterocycles. The highest BCUT2D eigenvalue weighted by molar-refractivity contribution is 5.53. The Bertz CT molecular complexity index is 348. The second-order valence-corrected chi connectivity index (χ2v) is 3.91. The molecule has 0 aromatic carbocycles. The first-order valence-corrected chi connectivity index (χ1v) is 5.08. The van der Waals surface area contributed by atoms with Crippen molar-refractivity contribution in [2.24, 2.45) is 0 Å². The van der Waals surface area contributed by atoms with E-state index in [1.54, 1.807) is 13.3 Å². The monoisotopic (exact) mass is 208 g/mol. The highest BCUT2D eigenvalue weighted by atomic mass is 16.5. The van der Waals surface area contributed by atoms with Crippen molar-refractivity contribution in [2.45, 2.75) is 18.9 Å². The van der Waals surface area contributed by atoms with Crippen molar-refractivity contribution in [1.29, 1.82) is 0 Å². The first kappa shape index (κ1) is 10.1. The lowest BCUT2D eigenvalue weighted by Crippen LogP contribution is -2.13. The summed E-state index contributed by atoms with van der Waals surface area (Å²) in [6, 6.07) is 1.89. The molecule has 82 valence electrons. The second-order valence-electron chi connectivity index (χ2n) is 3.91.